The number of nitrogens with zero attached hydrogens (tertiary/aromatic N) is 2. The molecule has 4 heteroatoms. The van der Waals surface area contributed by atoms with E-state index in [2.05, 4.69) is 25.9 Å². The van der Waals surface area contributed by atoms with E-state index in [0.29, 0.717) is 16.7 Å². The third kappa shape index (κ3) is 2.59. The quantitative estimate of drug-likeness (QED) is 0.603. The maximum atomic E-state index is 11.5. The van der Waals surface area contributed by atoms with Gasteiger partial charge in [-0.1, -0.05) is 29.8 Å². The second kappa shape index (κ2) is 4.46. The fraction of sp³-hybridized carbons (Fsp3) is 0.444. The lowest BCUT2D eigenvalue weighted by Gasteiger charge is -2.02. The summed E-state index contributed by atoms with van der Waals surface area (Å²) in [7, 11) is 0. The van der Waals surface area contributed by atoms with Crippen LogP contribution in [-0.4, -0.2) is 15.8 Å². The van der Waals surface area contributed by atoms with Crippen molar-refractivity contribution >= 4 is 21.7 Å². The number of hydrogen-bond donors (Lipinski definition) is 0. The van der Waals surface area contributed by atoms with Crippen molar-refractivity contribution in [2.75, 3.05) is 0 Å². The van der Waals surface area contributed by atoms with Crippen LogP contribution in [0.2, 0.25) is 0 Å². The fourth-order valence-electron chi connectivity index (χ4n) is 0.884. The summed E-state index contributed by atoms with van der Waals surface area (Å²) >= 11 is 3.24. The summed E-state index contributed by atoms with van der Waals surface area (Å²) in [5.41, 5.74) is 0.583. The average Bonchev–Trinajstić information content (AvgIpc) is 2.17. The Morgan fingerprint density at radius 1 is 1.46 bits per heavy atom. The maximum absolute atomic E-state index is 11.5. The first-order valence-electron chi connectivity index (χ1n) is 4.06. The Balaban J connectivity index is 2.86. The van der Waals surface area contributed by atoms with Crippen LogP contribution >= 0.6 is 15.9 Å². The fourth-order valence-corrected chi connectivity index (χ4v) is 1.17. The van der Waals surface area contributed by atoms with Crippen LogP contribution < -0.4 is 0 Å². The Bertz CT molecular complexity index is 295. The largest absolute Gasteiger partial charge is 0.294 e. The van der Waals surface area contributed by atoms with Crippen molar-refractivity contribution in [2.24, 2.45) is 5.92 Å². The molecule has 0 N–H and O–H groups in total. The minimum Gasteiger partial charge on any atom is -0.294 e. The second-order valence-electron chi connectivity index (χ2n) is 3.04. The van der Waals surface area contributed by atoms with Crippen molar-refractivity contribution in [1.82, 2.24) is 9.97 Å². The molecule has 1 aromatic heterocycles. The van der Waals surface area contributed by atoms with Crippen molar-refractivity contribution in [2.45, 2.75) is 19.2 Å². The van der Waals surface area contributed by atoms with E-state index in [-0.39, 0.29) is 11.7 Å². The molecule has 0 saturated carbocycles. The number of Topliss-reactive ketones (excluding diaryl/α,β-unsaturated/α-hetero) is 1. The summed E-state index contributed by atoms with van der Waals surface area (Å²) < 4.78 is 0. The molecule has 0 unspecified atom stereocenters. The van der Waals surface area contributed by atoms with Crippen molar-refractivity contribution in [3.63, 3.8) is 0 Å². The molecule has 0 aliphatic heterocycles. The molecule has 13 heavy (non-hydrogen) atoms. The van der Waals surface area contributed by atoms with E-state index in [1.807, 2.05) is 13.8 Å². The number of halogens is 1. The topological polar surface area (TPSA) is 42.9 Å². The highest BCUT2D eigenvalue weighted by Gasteiger charge is 2.10. The summed E-state index contributed by atoms with van der Waals surface area (Å²) in [4.78, 5) is 19.5. The van der Waals surface area contributed by atoms with Gasteiger partial charge in [0.15, 0.2) is 5.78 Å². The predicted octanol–water partition coefficient (Wildman–Crippen LogP) is 2.21. The summed E-state index contributed by atoms with van der Waals surface area (Å²) in [5, 5.41) is 0.614. The Morgan fingerprint density at radius 3 is 2.38 bits per heavy atom. The summed E-state index contributed by atoms with van der Waals surface area (Å²) in [6.07, 6.45) is 3.15. The molecule has 0 spiro atoms. The number of carbonyl (C=O) groups is 1. The highest BCUT2D eigenvalue weighted by Crippen LogP contribution is 2.06. The van der Waals surface area contributed by atoms with Crippen LogP contribution in [0.15, 0.2) is 12.4 Å². The highest BCUT2D eigenvalue weighted by atomic mass is 79.9. The molecule has 0 amide bonds. The van der Waals surface area contributed by atoms with Gasteiger partial charge in [-0.25, -0.2) is 9.97 Å². The van der Waals surface area contributed by atoms with Crippen molar-refractivity contribution < 1.29 is 4.79 Å². The number of hydrogen-bond acceptors (Lipinski definition) is 3. The second-order valence-corrected chi connectivity index (χ2v) is 3.60. The molecule has 1 heterocycles. The van der Waals surface area contributed by atoms with Gasteiger partial charge in [0, 0.05) is 18.3 Å². The van der Waals surface area contributed by atoms with Crippen LogP contribution in [0.5, 0.6) is 0 Å². The van der Waals surface area contributed by atoms with E-state index in [1.165, 1.54) is 0 Å². The minimum absolute atomic E-state index is 0.00146. The van der Waals surface area contributed by atoms with E-state index < -0.39 is 0 Å². The van der Waals surface area contributed by atoms with Gasteiger partial charge in [-0.15, -0.1) is 0 Å². The molecule has 0 saturated heterocycles. The smallest absolute Gasteiger partial charge is 0.168 e. The first kappa shape index (κ1) is 10.3. The average molecular weight is 243 g/mol. The Hall–Kier alpha value is -0.770. The Labute approximate surface area is 85.7 Å². The lowest BCUT2D eigenvalue weighted by Crippen LogP contribution is -2.08. The van der Waals surface area contributed by atoms with Crippen molar-refractivity contribution in [3.05, 3.63) is 23.8 Å². The van der Waals surface area contributed by atoms with E-state index in [1.54, 1.807) is 12.4 Å². The number of carbonyl (C=O) groups excluding carboxylic acids is 1. The van der Waals surface area contributed by atoms with Crippen molar-refractivity contribution in [3.8, 4) is 0 Å². The van der Waals surface area contributed by atoms with Crippen LogP contribution in [0.25, 0.3) is 0 Å². The third-order valence-electron chi connectivity index (χ3n) is 1.63. The van der Waals surface area contributed by atoms with Gasteiger partial charge in [0.1, 0.15) is 5.82 Å². The highest BCUT2D eigenvalue weighted by molar-refractivity contribution is 9.08. The van der Waals surface area contributed by atoms with Gasteiger partial charge in [0.2, 0.25) is 0 Å². The molecule has 1 aromatic rings. The van der Waals surface area contributed by atoms with E-state index in [0.717, 1.165) is 0 Å². The number of aromatic nitrogens is 2. The molecule has 0 fully saturated rings. The standard InChI is InChI=1S/C9H11BrN2O/c1-6(2)9(13)7-4-11-8(3-10)12-5-7/h4-6H,3H2,1-2H3. The van der Waals surface area contributed by atoms with E-state index in [9.17, 15) is 4.79 Å². The minimum atomic E-state index is -0.00146. The molecule has 3 nitrogen and oxygen atoms in total. The SMILES string of the molecule is CC(C)C(=O)c1cnc(CBr)nc1. The Kier molecular flexibility index (Phi) is 3.54. The monoisotopic (exact) mass is 242 g/mol. The summed E-state index contributed by atoms with van der Waals surface area (Å²) in [6, 6.07) is 0. The molecule has 0 radical (unpaired) electrons. The van der Waals surface area contributed by atoms with Gasteiger partial charge in [-0.05, 0) is 0 Å². The third-order valence-corrected chi connectivity index (χ3v) is 2.14. The maximum Gasteiger partial charge on any atom is 0.168 e. The first-order chi connectivity index (χ1) is 6.15. The summed E-state index contributed by atoms with van der Waals surface area (Å²) in [6.45, 7) is 3.72. The molecule has 0 aliphatic carbocycles. The number of alkyl halides is 1. The normalized spacial score (nSPS) is 10.5. The van der Waals surface area contributed by atoms with E-state index in [4.69, 9.17) is 0 Å². The van der Waals surface area contributed by atoms with Gasteiger partial charge >= 0.3 is 0 Å². The van der Waals surface area contributed by atoms with Gasteiger partial charge in [0.05, 0.1) is 10.9 Å². The molecule has 0 aromatic carbocycles. The van der Waals surface area contributed by atoms with Crippen LogP contribution in [0.1, 0.15) is 30.0 Å². The molecule has 0 aliphatic rings. The molecular weight excluding hydrogens is 232 g/mol. The zero-order valence-electron chi connectivity index (χ0n) is 7.62. The van der Waals surface area contributed by atoms with Crippen LogP contribution in [0.4, 0.5) is 0 Å². The van der Waals surface area contributed by atoms with Crippen LogP contribution in [0.3, 0.4) is 0 Å². The van der Waals surface area contributed by atoms with Gasteiger partial charge in [0.25, 0.3) is 0 Å². The van der Waals surface area contributed by atoms with Gasteiger partial charge in [-0.3, -0.25) is 4.79 Å². The zero-order valence-corrected chi connectivity index (χ0v) is 9.21. The lowest BCUT2D eigenvalue weighted by molar-refractivity contribution is 0.0938. The molecule has 0 bridgehead atoms. The van der Waals surface area contributed by atoms with Gasteiger partial charge in [-0.2, -0.15) is 0 Å². The lowest BCUT2D eigenvalue weighted by atomic mass is 10.0. The van der Waals surface area contributed by atoms with Crippen molar-refractivity contribution in [1.29, 1.82) is 0 Å². The van der Waals surface area contributed by atoms with E-state index >= 15 is 0 Å². The van der Waals surface area contributed by atoms with Crippen LogP contribution in [0, 0.1) is 5.92 Å². The predicted molar refractivity (Wildman–Crippen MR) is 53.8 cm³/mol. The zero-order chi connectivity index (χ0) is 9.84. The van der Waals surface area contributed by atoms with Crippen LogP contribution in [-0.2, 0) is 5.33 Å². The Morgan fingerprint density at radius 2 is 2.00 bits per heavy atom. The molecular formula is C9H11BrN2O. The number of ketones is 1. The van der Waals surface area contributed by atoms with Gasteiger partial charge < -0.3 is 0 Å². The molecule has 1 rings (SSSR count). The molecule has 0 atom stereocenters. The molecule has 70 valence electrons. The first-order valence-corrected chi connectivity index (χ1v) is 5.18. The number of rotatable bonds is 3. The summed E-state index contributed by atoms with van der Waals surface area (Å²) in [5.74, 6) is 0.778.